The molecule has 0 bridgehead atoms. The molecule has 1 aliphatic heterocycles. The highest BCUT2D eigenvalue weighted by atomic mass is 32.2. The zero-order valence-electron chi connectivity index (χ0n) is 18.9. The van der Waals surface area contributed by atoms with E-state index < -0.39 is 10.2 Å². The lowest BCUT2D eigenvalue weighted by atomic mass is 10.1. The molecule has 10 heteroatoms. The quantitative estimate of drug-likeness (QED) is 0.420. The van der Waals surface area contributed by atoms with Crippen molar-refractivity contribution in [3.8, 4) is 5.75 Å². The van der Waals surface area contributed by atoms with Crippen molar-refractivity contribution in [2.24, 2.45) is 5.16 Å². The fourth-order valence-corrected chi connectivity index (χ4v) is 5.77. The van der Waals surface area contributed by atoms with Gasteiger partial charge >= 0.3 is 10.2 Å². The second-order valence-electron chi connectivity index (χ2n) is 8.10. The first-order valence-corrected chi connectivity index (χ1v) is 12.8. The Morgan fingerprint density at radius 2 is 2.00 bits per heavy atom. The Labute approximate surface area is 195 Å². The van der Waals surface area contributed by atoms with Gasteiger partial charge in [-0.2, -0.15) is 12.7 Å². The molecule has 4 rings (SSSR count). The average molecular weight is 474 g/mol. The molecule has 1 aromatic carbocycles. The van der Waals surface area contributed by atoms with Crippen LogP contribution in [0.3, 0.4) is 0 Å². The molecule has 2 aromatic rings. The highest BCUT2D eigenvalue weighted by molar-refractivity contribution is 7.90. The van der Waals surface area contributed by atoms with Crippen molar-refractivity contribution in [1.29, 1.82) is 0 Å². The molecule has 0 saturated carbocycles. The molecule has 178 valence electrons. The van der Waals surface area contributed by atoms with E-state index in [9.17, 15) is 8.42 Å². The van der Waals surface area contributed by atoms with E-state index in [-0.39, 0.29) is 0 Å². The molecule has 2 heterocycles. The number of rotatable bonds is 10. The molecule has 0 spiro atoms. The van der Waals surface area contributed by atoms with Gasteiger partial charge in [0.05, 0.1) is 24.2 Å². The molecule has 2 aliphatic rings. The number of pyridine rings is 1. The van der Waals surface area contributed by atoms with Crippen molar-refractivity contribution in [3.05, 3.63) is 47.7 Å². The van der Waals surface area contributed by atoms with Crippen LogP contribution in [0.15, 0.2) is 41.7 Å². The summed E-state index contributed by atoms with van der Waals surface area (Å²) in [5, 5.41) is 4.19. The van der Waals surface area contributed by atoms with Crippen LogP contribution in [0.2, 0.25) is 0 Å². The van der Waals surface area contributed by atoms with Crippen LogP contribution in [0.25, 0.3) is 0 Å². The van der Waals surface area contributed by atoms with E-state index in [2.05, 4.69) is 22.3 Å². The van der Waals surface area contributed by atoms with Crippen LogP contribution >= 0.6 is 0 Å². The van der Waals surface area contributed by atoms with Gasteiger partial charge in [0, 0.05) is 25.2 Å². The summed E-state index contributed by atoms with van der Waals surface area (Å²) in [6.45, 7) is 4.51. The zero-order valence-corrected chi connectivity index (χ0v) is 19.8. The van der Waals surface area contributed by atoms with Gasteiger partial charge in [0.1, 0.15) is 18.2 Å². The third kappa shape index (κ3) is 5.39. The molecule has 1 fully saturated rings. The van der Waals surface area contributed by atoms with Crippen molar-refractivity contribution >= 4 is 27.4 Å². The lowest BCUT2D eigenvalue weighted by molar-refractivity contribution is 0.158. The third-order valence-corrected chi connectivity index (χ3v) is 7.83. The Kier molecular flexibility index (Phi) is 7.34. The van der Waals surface area contributed by atoms with E-state index in [1.54, 1.807) is 12.1 Å². The predicted molar refractivity (Wildman–Crippen MR) is 129 cm³/mol. The number of nitrogen functional groups attached to an aromatic ring is 1. The lowest BCUT2D eigenvalue weighted by Gasteiger charge is -2.19. The second kappa shape index (κ2) is 10.4. The molecule has 1 aliphatic carbocycles. The van der Waals surface area contributed by atoms with Gasteiger partial charge in [-0.25, -0.2) is 4.98 Å². The van der Waals surface area contributed by atoms with Gasteiger partial charge < -0.3 is 15.3 Å². The van der Waals surface area contributed by atoms with Crippen LogP contribution in [-0.2, 0) is 21.5 Å². The Morgan fingerprint density at radius 3 is 2.79 bits per heavy atom. The highest BCUT2D eigenvalue weighted by Gasteiger charge is 2.36. The number of nitrogens with zero attached hydrogens (tertiary/aromatic N) is 4. The number of ether oxygens (including phenoxy) is 1. The van der Waals surface area contributed by atoms with Gasteiger partial charge in [0.2, 0.25) is 0 Å². The van der Waals surface area contributed by atoms with Crippen molar-refractivity contribution in [1.82, 2.24) is 9.29 Å². The standard InChI is InChI=1S/C23H31N5O4S/c1-2-32-26-22-10-6-18-16-20(8-9-21(18)22)31-15-5-3-4-12-27-13-14-28(33(27,29)30)19-7-11-23(24)25-17-19/h7-9,11,16-17H,2-6,10,12-15H2,1H3,(H2,24,25). The van der Waals surface area contributed by atoms with E-state index in [0.717, 1.165) is 49.1 Å². The normalized spacial score (nSPS) is 18.6. The predicted octanol–water partition coefficient (Wildman–Crippen LogP) is 2.97. The molecule has 9 nitrogen and oxygen atoms in total. The zero-order chi connectivity index (χ0) is 23.3. The van der Waals surface area contributed by atoms with E-state index >= 15 is 0 Å². The average Bonchev–Trinajstić information content (AvgIpc) is 3.34. The number of hydrogen-bond acceptors (Lipinski definition) is 7. The molecule has 0 radical (unpaired) electrons. The Bertz CT molecular complexity index is 1090. The van der Waals surface area contributed by atoms with Crippen LogP contribution in [0.1, 0.15) is 43.7 Å². The number of benzene rings is 1. The van der Waals surface area contributed by atoms with Crippen molar-refractivity contribution in [2.75, 3.05) is 42.9 Å². The minimum Gasteiger partial charge on any atom is -0.494 e. The maximum atomic E-state index is 12.8. The molecule has 0 unspecified atom stereocenters. The number of unbranched alkanes of at least 4 members (excludes halogenated alkanes) is 2. The minimum absolute atomic E-state index is 0.370. The first kappa shape index (κ1) is 23.3. The van der Waals surface area contributed by atoms with Crippen molar-refractivity contribution in [2.45, 2.75) is 39.0 Å². The van der Waals surface area contributed by atoms with Gasteiger partial charge in [-0.3, -0.25) is 4.31 Å². The first-order chi connectivity index (χ1) is 16.0. The minimum atomic E-state index is -3.51. The molecule has 1 saturated heterocycles. The van der Waals surface area contributed by atoms with Crippen LogP contribution in [-0.4, -0.2) is 56.3 Å². The number of anilines is 2. The van der Waals surface area contributed by atoms with E-state index in [0.29, 0.717) is 44.4 Å². The summed E-state index contributed by atoms with van der Waals surface area (Å²) in [6, 6.07) is 9.41. The fourth-order valence-electron chi connectivity index (χ4n) is 4.14. The van der Waals surface area contributed by atoms with Crippen LogP contribution in [0.4, 0.5) is 11.5 Å². The summed E-state index contributed by atoms with van der Waals surface area (Å²) < 4.78 is 34.5. The fraction of sp³-hybridized carbons (Fsp3) is 0.478. The van der Waals surface area contributed by atoms with E-state index in [1.165, 1.54) is 20.4 Å². The summed E-state index contributed by atoms with van der Waals surface area (Å²) >= 11 is 0. The number of oxime groups is 1. The molecule has 0 amide bonds. The van der Waals surface area contributed by atoms with E-state index in [1.807, 2.05) is 13.0 Å². The molecule has 0 atom stereocenters. The van der Waals surface area contributed by atoms with Gasteiger partial charge in [-0.05, 0) is 74.9 Å². The Balaban J connectivity index is 1.19. The molecular formula is C23H31N5O4S. The van der Waals surface area contributed by atoms with Gasteiger partial charge in [0.25, 0.3) is 0 Å². The summed E-state index contributed by atoms with van der Waals surface area (Å²) in [5.41, 5.74) is 9.53. The van der Waals surface area contributed by atoms with Crippen LogP contribution in [0.5, 0.6) is 5.75 Å². The summed E-state index contributed by atoms with van der Waals surface area (Å²) in [6.07, 6.45) is 5.90. The Morgan fingerprint density at radius 1 is 1.12 bits per heavy atom. The van der Waals surface area contributed by atoms with Gasteiger partial charge in [-0.1, -0.05) is 5.16 Å². The molecule has 1 aromatic heterocycles. The number of aromatic nitrogens is 1. The largest absolute Gasteiger partial charge is 0.494 e. The number of nitrogens with two attached hydrogens (primary N) is 1. The van der Waals surface area contributed by atoms with Gasteiger partial charge in [0.15, 0.2) is 0 Å². The summed E-state index contributed by atoms with van der Waals surface area (Å²) in [7, 11) is -3.51. The summed E-state index contributed by atoms with van der Waals surface area (Å²) in [4.78, 5) is 9.19. The topological polar surface area (TPSA) is 110 Å². The van der Waals surface area contributed by atoms with Crippen LogP contribution < -0.4 is 14.8 Å². The highest BCUT2D eigenvalue weighted by Crippen LogP contribution is 2.28. The molecular weight excluding hydrogens is 442 g/mol. The SMILES string of the molecule is CCON=C1CCc2cc(OCCCCCN3CCN(c4ccc(N)nc4)S3(=O)=O)ccc21. The number of hydrogen-bond donors (Lipinski definition) is 1. The third-order valence-electron chi connectivity index (χ3n) is 5.86. The molecule has 2 N–H and O–H groups in total. The van der Waals surface area contributed by atoms with Crippen LogP contribution in [0, 0.1) is 0 Å². The lowest BCUT2D eigenvalue weighted by Crippen LogP contribution is -2.33. The number of aryl methyl sites for hydroxylation is 1. The Hall–Kier alpha value is -2.85. The monoisotopic (exact) mass is 473 g/mol. The first-order valence-electron chi connectivity index (χ1n) is 11.4. The van der Waals surface area contributed by atoms with Gasteiger partial charge in [-0.15, -0.1) is 0 Å². The molecule has 33 heavy (non-hydrogen) atoms. The maximum Gasteiger partial charge on any atom is 0.304 e. The van der Waals surface area contributed by atoms with Crippen molar-refractivity contribution < 1.29 is 18.0 Å². The van der Waals surface area contributed by atoms with Crippen molar-refractivity contribution in [3.63, 3.8) is 0 Å². The second-order valence-corrected chi connectivity index (χ2v) is 9.96. The maximum absolute atomic E-state index is 12.8. The summed E-state index contributed by atoms with van der Waals surface area (Å²) in [5.74, 6) is 1.23. The number of fused-ring (bicyclic) bond motifs is 1. The smallest absolute Gasteiger partial charge is 0.304 e. The van der Waals surface area contributed by atoms with E-state index in [4.69, 9.17) is 15.3 Å².